The number of halogens is 1. The third-order valence-corrected chi connectivity index (χ3v) is 4.22. The van der Waals surface area contributed by atoms with E-state index in [1.807, 2.05) is 6.07 Å². The Kier molecular flexibility index (Phi) is 4.48. The molecule has 0 saturated carbocycles. The minimum Gasteiger partial charge on any atom is -0.337 e. The van der Waals surface area contributed by atoms with Crippen molar-refractivity contribution < 1.29 is 4.79 Å². The van der Waals surface area contributed by atoms with Gasteiger partial charge >= 0.3 is 0 Å². The van der Waals surface area contributed by atoms with Gasteiger partial charge in [0.15, 0.2) is 0 Å². The third kappa shape index (κ3) is 2.63. The molecule has 1 amide bonds. The molecule has 1 N–H and O–H groups in total. The molecule has 0 bridgehead atoms. The maximum Gasteiger partial charge on any atom is 0.230 e. The molecule has 3 nitrogen and oxygen atoms in total. The van der Waals surface area contributed by atoms with Gasteiger partial charge in [0.1, 0.15) is 0 Å². The van der Waals surface area contributed by atoms with Crippen LogP contribution in [0.5, 0.6) is 0 Å². The Morgan fingerprint density at radius 1 is 1.37 bits per heavy atom. The fraction of sp³-hybridized carbons (Fsp3) is 0.533. The second-order valence-electron chi connectivity index (χ2n) is 5.37. The van der Waals surface area contributed by atoms with Crippen LogP contribution >= 0.6 is 12.4 Å². The summed E-state index contributed by atoms with van der Waals surface area (Å²) in [6, 6.07) is 8.71. The van der Waals surface area contributed by atoms with E-state index >= 15 is 0 Å². The Balaban J connectivity index is 0.00000133. The zero-order chi connectivity index (χ0) is 12.5. The van der Waals surface area contributed by atoms with Gasteiger partial charge in [0.2, 0.25) is 5.91 Å². The van der Waals surface area contributed by atoms with Gasteiger partial charge in [-0.25, -0.2) is 0 Å². The van der Waals surface area contributed by atoms with E-state index in [1.165, 1.54) is 11.1 Å². The number of aryl methyl sites for hydroxylation is 1. The van der Waals surface area contributed by atoms with Gasteiger partial charge in [-0.1, -0.05) is 24.3 Å². The van der Waals surface area contributed by atoms with Crippen LogP contribution in [-0.4, -0.2) is 36.5 Å². The summed E-state index contributed by atoms with van der Waals surface area (Å²) in [6.07, 6.45) is 2.03. The number of hydrogen-bond acceptors (Lipinski definition) is 2. The SMILES string of the molecule is C[C@H]1CNCCN1C(=O)C1CCc2ccccc21.Cl. The molecule has 1 aliphatic heterocycles. The van der Waals surface area contributed by atoms with Crippen molar-refractivity contribution in [3.05, 3.63) is 35.4 Å². The molecule has 2 aliphatic rings. The molecule has 0 radical (unpaired) electrons. The maximum absolute atomic E-state index is 12.7. The Morgan fingerprint density at radius 2 is 2.16 bits per heavy atom. The molecule has 1 aliphatic carbocycles. The summed E-state index contributed by atoms with van der Waals surface area (Å²) in [5.41, 5.74) is 2.62. The molecule has 19 heavy (non-hydrogen) atoms. The van der Waals surface area contributed by atoms with E-state index in [2.05, 4.69) is 35.3 Å². The second-order valence-corrected chi connectivity index (χ2v) is 5.37. The zero-order valence-corrected chi connectivity index (χ0v) is 12.1. The van der Waals surface area contributed by atoms with Gasteiger partial charge in [0.25, 0.3) is 0 Å². The molecule has 0 spiro atoms. The van der Waals surface area contributed by atoms with Crippen LogP contribution in [0.25, 0.3) is 0 Å². The van der Waals surface area contributed by atoms with Crippen molar-refractivity contribution in [1.82, 2.24) is 10.2 Å². The van der Waals surface area contributed by atoms with Crippen LogP contribution in [0.2, 0.25) is 0 Å². The first kappa shape index (κ1) is 14.4. The quantitative estimate of drug-likeness (QED) is 0.853. The number of nitrogens with zero attached hydrogens (tertiary/aromatic N) is 1. The Hall–Kier alpha value is -1.06. The predicted molar refractivity (Wildman–Crippen MR) is 78.8 cm³/mol. The Morgan fingerprint density at radius 3 is 2.95 bits per heavy atom. The second kappa shape index (κ2) is 5.93. The lowest BCUT2D eigenvalue weighted by molar-refractivity contribution is -0.135. The summed E-state index contributed by atoms with van der Waals surface area (Å²) in [6.45, 7) is 4.81. The highest BCUT2D eigenvalue weighted by Gasteiger charge is 2.33. The van der Waals surface area contributed by atoms with Gasteiger partial charge in [-0.3, -0.25) is 4.79 Å². The number of benzene rings is 1. The van der Waals surface area contributed by atoms with E-state index in [1.54, 1.807) is 0 Å². The average Bonchev–Trinajstić information content (AvgIpc) is 2.82. The van der Waals surface area contributed by atoms with Gasteiger partial charge < -0.3 is 10.2 Å². The van der Waals surface area contributed by atoms with Crippen LogP contribution in [0, 0.1) is 0 Å². The van der Waals surface area contributed by atoms with Crippen LogP contribution in [-0.2, 0) is 11.2 Å². The molecule has 2 atom stereocenters. The van der Waals surface area contributed by atoms with Crippen LogP contribution in [0.1, 0.15) is 30.4 Å². The van der Waals surface area contributed by atoms with Crippen molar-refractivity contribution >= 4 is 18.3 Å². The lowest BCUT2D eigenvalue weighted by Crippen LogP contribution is -2.53. The summed E-state index contributed by atoms with van der Waals surface area (Å²) in [5, 5.41) is 3.34. The number of hydrogen-bond donors (Lipinski definition) is 1. The van der Waals surface area contributed by atoms with Crippen molar-refractivity contribution in [3.8, 4) is 0 Å². The number of amides is 1. The molecule has 1 heterocycles. The van der Waals surface area contributed by atoms with E-state index in [-0.39, 0.29) is 18.3 Å². The van der Waals surface area contributed by atoms with Gasteiger partial charge in [0, 0.05) is 25.7 Å². The Labute approximate surface area is 120 Å². The predicted octanol–water partition coefficient (Wildman–Crippen LogP) is 1.96. The number of fused-ring (bicyclic) bond motifs is 1. The molecular formula is C15H21ClN2O. The summed E-state index contributed by atoms with van der Waals surface area (Å²) in [4.78, 5) is 14.7. The van der Waals surface area contributed by atoms with Gasteiger partial charge in [-0.2, -0.15) is 0 Å². The molecule has 1 unspecified atom stereocenters. The summed E-state index contributed by atoms with van der Waals surface area (Å²) >= 11 is 0. The molecular weight excluding hydrogens is 260 g/mol. The molecule has 4 heteroatoms. The molecule has 3 rings (SSSR count). The first-order chi connectivity index (χ1) is 8.77. The van der Waals surface area contributed by atoms with Crippen LogP contribution < -0.4 is 5.32 Å². The molecule has 1 fully saturated rings. The number of rotatable bonds is 1. The van der Waals surface area contributed by atoms with Crippen molar-refractivity contribution in [2.45, 2.75) is 31.7 Å². The van der Waals surface area contributed by atoms with Crippen LogP contribution in [0.15, 0.2) is 24.3 Å². The molecule has 0 aromatic heterocycles. The number of carbonyl (C=O) groups excluding carboxylic acids is 1. The van der Waals surface area contributed by atoms with E-state index < -0.39 is 0 Å². The van der Waals surface area contributed by atoms with Gasteiger partial charge in [-0.15, -0.1) is 12.4 Å². The molecule has 1 saturated heterocycles. The lowest BCUT2D eigenvalue weighted by Gasteiger charge is -2.35. The minimum atomic E-state index is 0. The molecule has 1 aromatic carbocycles. The van der Waals surface area contributed by atoms with E-state index in [4.69, 9.17) is 0 Å². The highest BCUT2D eigenvalue weighted by molar-refractivity contribution is 5.85. The van der Waals surface area contributed by atoms with Crippen molar-refractivity contribution in [2.24, 2.45) is 0 Å². The fourth-order valence-electron chi connectivity index (χ4n) is 3.18. The van der Waals surface area contributed by atoms with Crippen molar-refractivity contribution in [1.29, 1.82) is 0 Å². The fourth-order valence-corrected chi connectivity index (χ4v) is 3.18. The number of carbonyl (C=O) groups is 1. The largest absolute Gasteiger partial charge is 0.337 e. The standard InChI is InChI=1S/C15H20N2O.ClH/c1-11-10-16-8-9-17(11)15(18)14-7-6-12-4-2-3-5-13(12)14;/h2-5,11,14,16H,6-10H2,1H3;1H/t11-,14?;/m0./s1. The normalized spacial score (nSPS) is 25.6. The average molecular weight is 281 g/mol. The highest BCUT2D eigenvalue weighted by Crippen LogP contribution is 2.34. The van der Waals surface area contributed by atoms with Crippen molar-refractivity contribution in [2.75, 3.05) is 19.6 Å². The van der Waals surface area contributed by atoms with Gasteiger partial charge in [0.05, 0.1) is 5.92 Å². The van der Waals surface area contributed by atoms with E-state index in [0.717, 1.165) is 32.5 Å². The smallest absolute Gasteiger partial charge is 0.230 e. The zero-order valence-electron chi connectivity index (χ0n) is 11.3. The van der Waals surface area contributed by atoms with E-state index in [9.17, 15) is 4.79 Å². The van der Waals surface area contributed by atoms with E-state index in [0.29, 0.717) is 11.9 Å². The summed E-state index contributed by atoms with van der Waals surface area (Å²) in [5.74, 6) is 0.427. The maximum atomic E-state index is 12.7. The first-order valence-corrected chi connectivity index (χ1v) is 6.86. The molecule has 1 aromatic rings. The number of nitrogens with one attached hydrogen (secondary N) is 1. The Bertz CT molecular complexity index is 463. The highest BCUT2D eigenvalue weighted by atomic mass is 35.5. The third-order valence-electron chi connectivity index (χ3n) is 4.22. The minimum absolute atomic E-state index is 0. The monoisotopic (exact) mass is 280 g/mol. The summed E-state index contributed by atoms with van der Waals surface area (Å²) < 4.78 is 0. The lowest BCUT2D eigenvalue weighted by atomic mass is 9.98. The first-order valence-electron chi connectivity index (χ1n) is 6.86. The number of piperazine rings is 1. The van der Waals surface area contributed by atoms with Gasteiger partial charge in [-0.05, 0) is 30.9 Å². The topological polar surface area (TPSA) is 32.3 Å². The molecule has 104 valence electrons. The van der Waals surface area contributed by atoms with Crippen LogP contribution in [0.4, 0.5) is 0 Å². The van der Waals surface area contributed by atoms with Crippen molar-refractivity contribution in [3.63, 3.8) is 0 Å². The van der Waals surface area contributed by atoms with Crippen LogP contribution in [0.3, 0.4) is 0 Å². The summed E-state index contributed by atoms with van der Waals surface area (Å²) in [7, 11) is 0.